The minimum atomic E-state index is -0.944. The lowest BCUT2D eigenvalue weighted by Gasteiger charge is -2.01. The van der Waals surface area contributed by atoms with E-state index in [0.717, 1.165) is 12.1 Å². The van der Waals surface area contributed by atoms with E-state index in [9.17, 15) is 13.2 Å². The van der Waals surface area contributed by atoms with Gasteiger partial charge in [0.1, 0.15) is 11.0 Å². The van der Waals surface area contributed by atoms with Crippen molar-refractivity contribution in [1.29, 1.82) is 0 Å². The summed E-state index contributed by atoms with van der Waals surface area (Å²) in [5.41, 5.74) is 1.43. The maximum atomic E-state index is 13.1. The highest BCUT2D eigenvalue weighted by Crippen LogP contribution is 2.24. The van der Waals surface area contributed by atoms with Crippen molar-refractivity contribution in [1.82, 2.24) is 15.2 Å². The van der Waals surface area contributed by atoms with Crippen molar-refractivity contribution in [2.75, 3.05) is 0 Å². The van der Waals surface area contributed by atoms with Crippen LogP contribution in [0.3, 0.4) is 0 Å². The lowest BCUT2D eigenvalue weighted by molar-refractivity contribution is 0.509. The molecule has 0 amide bonds. The van der Waals surface area contributed by atoms with Crippen LogP contribution in [0.5, 0.6) is 0 Å². The number of rotatable bonds is 1. The maximum absolute atomic E-state index is 13.1. The zero-order valence-corrected chi connectivity index (χ0v) is 8.92. The van der Waals surface area contributed by atoms with Crippen LogP contribution in [0.2, 0.25) is 0 Å². The topological polar surface area (TPSA) is 41.6 Å². The summed E-state index contributed by atoms with van der Waals surface area (Å²) in [5, 5.41) is 5.88. The van der Waals surface area contributed by atoms with Gasteiger partial charge in [0.05, 0.1) is 0 Å². The van der Waals surface area contributed by atoms with Crippen molar-refractivity contribution in [3.8, 4) is 11.1 Å². The predicted octanol–water partition coefficient (Wildman–Crippen LogP) is 3.04. The third kappa shape index (κ3) is 1.62. The number of hydrogen-bond donors (Lipinski definition) is 1. The molecule has 0 bridgehead atoms. The van der Waals surface area contributed by atoms with Crippen LogP contribution in [0.4, 0.5) is 13.2 Å². The second-order valence-electron chi connectivity index (χ2n) is 3.76. The second kappa shape index (κ2) is 3.83. The van der Waals surface area contributed by atoms with Crippen LogP contribution in [0.25, 0.3) is 22.2 Å². The summed E-state index contributed by atoms with van der Waals surface area (Å²) in [4.78, 5) is 3.88. The largest absolute Gasteiger partial charge is 0.251 e. The highest BCUT2D eigenvalue weighted by molar-refractivity contribution is 5.80. The standard InChI is InChI=1S/C12H6F3N3/c13-8-2-1-6(3-9(8)14)7-4-10-11(16-5-7)12(15)18-17-10/h1-5H,(H,17,18). The fourth-order valence-electron chi connectivity index (χ4n) is 1.70. The molecule has 2 aromatic heterocycles. The van der Waals surface area contributed by atoms with Crippen LogP contribution >= 0.6 is 0 Å². The Bertz CT molecular complexity index is 737. The molecular formula is C12H6F3N3. The maximum Gasteiger partial charge on any atom is 0.235 e. The number of fused-ring (bicyclic) bond motifs is 1. The number of H-pyrrole nitrogens is 1. The van der Waals surface area contributed by atoms with Gasteiger partial charge in [0.25, 0.3) is 0 Å². The van der Waals surface area contributed by atoms with E-state index < -0.39 is 17.6 Å². The van der Waals surface area contributed by atoms with Gasteiger partial charge in [0, 0.05) is 11.8 Å². The summed E-state index contributed by atoms with van der Waals surface area (Å²) in [6.45, 7) is 0. The average molecular weight is 249 g/mol. The molecular weight excluding hydrogens is 243 g/mol. The summed E-state index contributed by atoms with van der Waals surface area (Å²) in [5.74, 6) is -2.48. The Morgan fingerprint density at radius 2 is 1.78 bits per heavy atom. The van der Waals surface area contributed by atoms with Gasteiger partial charge in [-0.05, 0) is 23.8 Å². The molecule has 0 aliphatic rings. The number of aromatic amines is 1. The third-order valence-electron chi connectivity index (χ3n) is 2.60. The monoisotopic (exact) mass is 249 g/mol. The number of aromatic nitrogens is 3. The van der Waals surface area contributed by atoms with Crippen molar-refractivity contribution in [2.45, 2.75) is 0 Å². The fourth-order valence-corrected chi connectivity index (χ4v) is 1.70. The van der Waals surface area contributed by atoms with E-state index in [2.05, 4.69) is 15.2 Å². The molecule has 3 aromatic rings. The van der Waals surface area contributed by atoms with Gasteiger partial charge in [0.2, 0.25) is 5.95 Å². The summed E-state index contributed by atoms with van der Waals surface area (Å²) in [6, 6.07) is 5.06. The number of nitrogens with zero attached hydrogens (tertiary/aromatic N) is 2. The highest BCUT2D eigenvalue weighted by Gasteiger charge is 2.09. The van der Waals surface area contributed by atoms with Gasteiger partial charge in [-0.25, -0.2) is 13.8 Å². The Morgan fingerprint density at radius 1 is 0.944 bits per heavy atom. The minimum Gasteiger partial charge on any atom is -0.251 e. The average Bonchev–Trinajstić information content (AvgIpc) is 2.74. The molecule has 6 heteroatoms. The summed E-state index contributed by atoms with van der Waals surface area (Å²) in [7, 11) is 0. The number of pyridine rings is 1. The Balaban J connectivity index is 2.16. The van der Waals surface area contributed by atoms with Crippen LogP contribution in [0, 0.1) is 17.6 Å². The summed E-state index contributed by atoms with van der Waals surface area (Å²) < 4.78 is 39.0. The van der Waals surface area contributed by atoms with Crippen LogP contribution in [-0.2, 0) is 0 Å². The van der Waals surface area contributed by atoms with Crippen molar-refractivity contribution >= 4 is 11.0 Å². The van der Waals surface area contributed by atoms with Gasteiger partial charge in [-0.1, -0.05) is 6.07 Å². The van der Waals surface area contributed by atoms with Crippen LogP contribution in [0.15, 0.2) is 30.5 Å². The molecule has 0 unspecified atom stereocenters. The smallest absolute Gasteiger partial charge is 0.235 e. The number of nitrogens with one attached hydrogen (secondary N) is 1. The molecule has 0 spiro atoms. The normalized spacial score (nSPS) is 11.1. The van der Waals surface area contributed by atoms with E-state index in [4.69, 9.17) is 0 Å². The number of hydrogen-bond acceptors (Lipinski definition) is 2. The Labute approximate surface area is 99.3 Å². The predicted molar refractivity (Wildman–Crippen MR) is 59.2 cm³/mol. The SMILES string of the molecule is Fc1ccc(-c2cnc3c(F)[nH]nc3c2)cc1F. The molecule has 3 rings (SSSR count). The highest BCUT2D eigenvalue weighted by atomic mass is 19.2. The van der Waals surface area contributed by atoms with E-state index >= 15 is 0 Å². The molecule has 0 fully saturated rings. The van der Waals surface area contributed by atoms with Gasteiger partial charge < -0.3 is 0 Å². The molecule has 90 valence electrons. The fraction of sp³-hybridized carbons (Fsp3) is 0. The molecule has 0 saturated carbocycles. The quantitative estimate of drug-likeness (QED) is 0.720. The van der Waals surface area contributed by atoms with Gasteiger partial charge in [-0.3, -0.25) is 5.10 Å². The lowest BCUT2D eigenvalue weighted by atomic mass is 10.1. The first-order valence-corrected chi connectivity index (χ1v) is 5.10. The lowest BCUT2D eigenvalue weighted by Crippen LogP contribution is -1.87. The van der Waals surface area contributed by atoms with Crippen LogP contribution in [0.1, 0.15) is 0 Å². The van der Waals surface area contributed by atoms with E-state index in [-0.39, 0.29) is 5.52 Å². The van der Waals surface area contributed by atoms with Gasteiger partial charge in [-0.2, -0.15) is 9.49 Å². The van der Waals surface area contributed by atoms with E-state index in [1.54, 1.807) is 6.07 Å². The second-order valence-corrected chi connectivity index (χ2v) is 3.76. The van der Waals surface area contributed by atoms with Crippen molar-refractivity contribution in [2.24, 2.45) is 0 Å². The molecule has 3 nitrogen and oxygen atoms in total. The van der Waals surface area contributed by atoms with Crippen molar-refractivity contribution in [3.05, 3.63) is 48.0 Å². The van der Waals surface area contributed by atoms with Crippen LogP contribution in [-0.4, -0.2) is 15.2 Å². The van der Waals surface area contributed by atoms with Gasteiger partial charge in [-0.15, -0.1) is 0 Å². The molecule has 1 aromatic carbocycles. The zero-order chi connectivity index (χ0) is 12.7. The van der Waals surface area contributed by atoms with E-state index in [1.807, 2.05) is 0 Å². The molecule has 0 aliphatic heterocycles. The van der Waals surface area contributed by atoms with E-state index in [0.29, 0.717) is 16.6 Å². The molecule has 2 heterocycles. The van der Waals surface area contributed by atoms with Crippen LogP contribution < -0.4 is 0 Å². The van der Waals surface area contributed by atoms with E-state index in [1.165, 1.54) is 12.3 Å². The van der Waals surface area contributed by atoms with Crippen molar-refractivity contribution in [3.63, 3.8) is 0 Å². The molecule has 0 radical (unpaired) electrons. The minimum absolute atomic E-state index is 0.112. The first-order chi connectivity index (χ1) is 8.65. The zero-order valence-electron chi connectivity index (χ0n) is 8.92. The first kappa shape index (κ1) is 10.8. The van der Waals surface area contributed by atoms with Gasteiger partial charge >= 0.3 is 0 Å². The summed E-state index contributed by atoms with van der Waals surface area (Å²) >= 11 is 0. The molecule has 1 N–H and O–H groups in total. The van der Waals surface area contributed by atoms with Crippen molar-refractivity contribution < 1.29 is 13.2 Å². The third-order valence-corrected chi connectivity index (χ3v) is 2.60. The molecule has 0 atom stereocenters. The number of benzene rings is 1. The Morgan fingerprint density at radius 3 is 2.56 bits per heavy atom. The van der Waals surface area contributed by atoms with Gasteiger partial charge in [0.15, 0.2) is 11.6 Å². The first-order valence-electron chi connectivity index (χ1n) is 5.10. The summed E-state index contributed by atoms with van der Waals surface area (Å²) in [6.07, 6.45) is 1.38. The Kier molecular flexibility index (Phi) is 2.29. The molecule has 0 aliphatic carbocycles. The number of halogens is 3. The Hall–Kier alpha value is -2.37. The molecule has 18 heavy (non-hydrogen) atoms. The molecule has 0 saturated heterocycles.